The summed E-state index contributed by atoms with van der Waals surface area (Å²) >= 11 is 1.67. The molecule has 1 aliphatic carbocycles. The average molecular weight is 372 g/mol. The molecular weight excluding hydrogens is 346 g/mol. The van der Waals surface area contributed by atoms with Crippen molar-refractivity contribution in [1.82, 2.24) is 9.78 Å². The first-order valence-corrected chi connectivity index (χ1v) is 10.4. The third-order valence-corrected chi connectivity index (χ3v) is 6.64. The highest BCUT2D eigenvalue weighted by Gasteiger charge is 2.32. The van der Waals surface area contributed by atoms with Gasteiger partial charge in [-0.1, -0.05) is 31.4 Å². The van der Waals surface area contributed by atoms with Gasteiger partial charge in [0.15, 0.2) is 0 Å². The molecule has 1 aromatic heterocycles. The van der Waals surface area contributed by atoms with Gasteiger partial charge in [0.2, 0.25) is 5.91 Å². The number of anilines is 1. The van der Waals surface area contributed by atoms with Crippen LogP contribution in [0.3, 0.4) is 0 Å². The fourth-order valence-electron chi connectivity index (χ4n) is 4.04. The normalized spacial score (nSPS) is 21.0. The minimum Gasteiger partial charge on any atom is -0.497 e. The number of amides is 1. The van der Waals surface area contributed by atoms with E-state index in [1.165, 1.54) is 24.8 Å². The minimum absolute atomic E-state index is 0.0595. The Hall–Kier alpha value is -1.95. The van der Waals surface area contributed by atoms with Crippen LogP contribution in [0, 0.1) is 6.92 Å². The van der Waals surface area contributed by atoms with E-state index in [-0.39, 0.29) is 11.2 Å². The predicted octanol–water partition coefficient (Wildman–Crippen LogP) is 4.48. The number of methoxy groups -OCH3 is 1. The fourth-order valence-corrected chi connectivity index (χ4v) is 5.23. The van der Waals surface area contributed by atoms with Crippen molar-refractivity contribution in [3.63, 3.8) is 0 Å². The Kier molecular flexibility index (Phi) is 4.94. The van der Waals surface area contributed by atoms with Crippen LogP contribution in [0.2, 0.25) is 0 Å². The Balaban J connectivity index is 1.77. The summed E-state index contributed by atoms with van der Waals surface area (Å²) in [5.74, 6) is 2.26. The Morgan fingerprint density at radius 2 is 1.92 bits per heavy atom. The molecule has 1 saturated carbocycles. The lowest BCUT2D eigenvalue weighted by atomic mass is 9.95. The van der Waals surface area contributed by atoms with Crippen LogP contribution in [0.25, 0.3) is 0 Å². The van der Waals surface area contributed by atoms with Gasteiger partial charge in [0.1, 0.15) is 11.6 Å². The molecule has 0 spiro atoms. The summed E-state index contributed by atoms with van der Waals surface area (Å²) in [6.07, 6.45) is 6.06. The summed E-state index contributed by atoms with van der Waals surface area (Å²) < 4.78 is 7.39. The number of carbonyl (C=O) groups is 1. The Bertz CT molecular complexity index is 794. The minimum atomic E-state index is 0.0595. The molecule has 4 rings (SSSR count). The second-order valence-electron chi connectivity index (χ2n) is 7.10. The van der Waals surface area contributed by atoms with Gasteiger partial charge in [0.05, 0.1) is 29.8 Å². The van der Waals surface area contributed by atoms with E-state index in [1.807, 2.05) is 12.1 Å². The van der Waals surface area contributed by atoms with Crippen molar-refractivity contribution in [3.05, 3.63) is 41.1 Å². The van der Waals surface area contributed by atoms with E-state index >= 15 is 0 Å². The lowest BCUT2D eigenvalue weighted by Gasteiger charge is -2.24. The van der Waals surface area contributed by atoms with E-state index in [4.69, 9.17) is 9.84 Å². The molecule has 0 saturated heterocycles. The number of thioether (sulfide) groups is 1. The van der Waals surface area contributed by atoms with Crippen molar-refractivity contribution in [1.29, 1.82) is 0 Å². The van der Waals surface area contributed by atoms with E-state index in [9.17, 15) is 4.79 Å². The zero-order valence-electron chi connectivity index (χ0n) is 15.3. The number of rotatable bonds is 3. The number of nitrogens with one attached hydrogen (secondary N) is 1. The van der Waals surface area contributed by atoms with Crippen molar-refractivity contribution in [2.45, 2.75) is 50.3 Å². The van der Waals surface area contributed by atoms with Crippen LogP contribution in [0.1, 0.15) is 60.2 Å². The van der Waals surface area contributed by atoms with Crippen LogP contribution >= 0.6 is 11.8 Å². The molecule has 26 heavy (non-hydrogen) atoms. The number of fused-ring (bicyclic) bond motifs is 1. The standard InChI is InChI=1S/C20H25N3O2S/c1-13-18-19(14-8-10-16(25-2)11-9-14)26-12-17(24)21-20(18)23(22-13)15-6-4-3-5-7-15/h8-11,15,19H,3-7,12H2,1-2H3,(H,21,24)/t19-/m0/s1. The van der Waals surface area contributed by atoms with Crippen LogP contribution < -0.4 is 10.1 Å². The van der Waals surface area contributed by atoms with Gasteiger partial charge in [-0.2, -0.15) is 5.10 Å². The summed E-state index contributed by atoms with van der Waals surface area (Å²) in [5, 5.41) is 8.12. The van der Waals surface area contributed by atoms with Crippen molar-refractivity contribution >= 4 is 23.5 Å². The summed E-state index contributed by atoms with van der Waals surface area (Å²) in [6.45, 7) is 2.06. The van der Waals surface area contributed by atoms with E-state index in [0.717, 1.165) is 35.7 Å². The Morgan fingerprint density at radius 1 is 1.19 bits per heavy atom. The molecule has 2 heterocycles. The maximum Gasteiger partial charge on any atom is 0.235 e. The molecule has 1 N–H and O–H groups in total. The van der Waals surface area contributed by atoms with E-state index in [0.29, 0.717) is 11.8 Å². The number of aromatic nitrogens is 2. The van der Waals surface area contributed by atoms with E-state index in [1.54, 1.807) is 18.9 Å². The van der Waals surface area contributed by atoms with E-state index < -0.39 is 0 Å². The molecule has 1 aliphatic heterocycles. The van der Waals surface area contributed by atoms with Gasteiger partial charge < -0.3 is 10.1 Å². The molecule has 1 amide bonds. The summed E-state index contributed by atoms with van der Waals surface area (Å²) in [7, 11) is 1.68. The molecule has 1 fully saturated rings. The maximum atomic E-state index is 12.4. The van der Waals surface area contributed by atoms with Crippen molar-refractivity contribution in [3.8, 4) is 5.75 Å². The molecule has 0 unspecified atom stereocenters. The van der Waals surface area contributed by atoms with Gasteiger partial charge in [0, 0.05) is 5.56 Å². The molecule has 6 heteroatoms. The monoisotopic (exact) mass is 371 g/mol. The molecular formula is C20H25N3O2S. The quantitative estimate of drug-likeness (QED) is 0.864. The number of ether oxygens (including phenoxy) is 1. The van der Waals surface area contributed by atoms with Crippen molar-refractivity contribution in [2.75, 3.05) is 18.2 Å². The number of aryl methyl sites for hydroxylation is 1. The highest BCUT2D eigenvalue weighted by Crippen LogP contribution is 2.45. The van der Waals surface area contributed by atoms with Gasteiger partial charge in [-0.15, -0.1) is 11.8 Å². The number of nitrogens with zero attached hydrogens (tertiary/aromatic N) is 2. The SMILES string of the molecule is COc1ccc([C@@H]2SCC(=O)Nc3c2c(C)nn3C2CCCCC2)cc1. The van der Waals surface area contributed by atoms with Gasteiger partial charge in [0.25, 0.3) is 0 Å². The number of benzene rings is 1. The second kappa shape index (κ2) is 7.35. The zero-order chi connectivity index (χ0) is 18.1. The van der Waals surface area contributed by atoms with Crippen molar-refractivity contribution < 1.29 is 9.53 Å². The Morgan fingerprint density at radius 3 is 2.62 bits per heavy atom. The first-order valence-electron chi connectivity index (χ1n) is 9.32. The lowest BCUT2D eigenvalue weighted by molar-refractivity contribution is -0.113. The average Bonchev–Trinajstić information content (AvgIpc) is 2.88. The predicted molar refractivity (Wildman–Crippen MR) is 105 cm³/mol. The van der Waals surface area contributed by atoms with Gasteiger partial charge in [-0.3, -0.25) is 4.79 Å². The fraction of sp³-hybridized carbons (Fsp3) is 0.500. The molecule has 2 aromatic rings. The molecule has 5 nitrogen and oxygen atoms in total. The highest BCUT2D eigenvalue weighted by atomic mass is 32.2. The summed E-state index contributed by atoms with van der Waals surface area (Å²) in [5.41, 5.74) is 3.34. The Labute approximate surface area is 158 Å². The smallest absolute Gasteiger partial charge is 0.235 e. The third kappa shape index (κ3) is 3.22. The molecule has 2 aliphatic rings. The number of carbonyl (C=O) groups excluding carboxylic acids is 1. The molecule has 138 valence electrons. The van der Waals surface area contributed by atoms with Crippen LogP contribution in [0.15, 0.2) is 24.3 Å². The first-order chi connectivity index (χ1) is 12.7. The summed E-state index contributed by atoms with van der Waals surface area (Å²) in [6, 6.07) is 8.54. The zero-order valence-corrected chi connectivity index (χ0v) is 16.1. The van der Waals surface area contributed by atoms with Gasteiger partial charge >= 0.3 is 0 Å². The molecule has 0 bridgehead atoms. The maximum absolute atomic E-state index is 12.4. The lowest BCUT2D eigenvalue weighted by Crippen LogP contribution is -2.20. The van der Waals surface area contributed by atoms with Crippen molar-refractivity contribution in [2.24, 2.45) is 0 Å². The summed E-state index contributed by atoms with van der Waals surface area (Å²) in [4.78, 5) is 12.4. The molecule has 1 aromatic carbocycles. The molecule has 0 radical (unpaired) electrons. The van der Waals surface area contributed by atoms with Gasteiger partial charge in [-0.05, 0) is 37.5 Å². The topological polar surface area (TPSA) is 56.1 Å². The van der Waals surface area contributed by atoms with Gasteiger partial charge in [-0.25, -0.2) is 4.68 Å². The first kappa shape index (κ1) is 17.5. The van der Waals surface area contributed by atoms with E-state index in [2.05, 4.69) is 29.1 Å². The highest BCUT2D eigenvalue weighted by molar-refractivity contribution is 8.00. The number of hydrogen-bond acceptors (Lipinski definition) is 4. The third-order valence-electron chi connectivity index (χ3n) is 5.37. The second-order valence-corrected chi connectivity index (χ2v) is 8.19. The van der Waals surface area contributed by atoms with Crippen LogP contribution in [-0.2, 0) is 4.79 Å². The largest absolute Gasteiger partial charge is 0.497 e. The molecule has 1 atom stereocenters. The van der Waals surface area contributed by atoms with Crippen LogP contribution in [0.5, 0.6) is 5.75 Å². The number of hydrogen-bond donors (Lipinski definition) is 1. The van der Waals surface area contributed by atoms with Crippen LogP contribution in [0.4, 0.5) is 5.82 Å². The van der Waals surface area contributed by atoms with Crippen LogP contribution in [-0.4, -0.2) is 28.6 Å².